The number of aromatic nitrogens is 3. The van der Waals surface area contributed by atoms with E-state index in [1.807, 2.05) is 30.3 Å². The highest BCUT2D eigenvalue weighted by Crippen LogP contribution is 2.40. The topological polar surface area (TPSA) is 62.4 Å². The van der Waals surface area contributed by atoms with Crippen molar-refractivity contribution in [2.45, 2.75) is 13.3 Å². The number of benzene rings is 11. The third-order valence-corrected chi connectivity index (χ3v) is 15.3. The Morgan fingerprint density at radius 3 is 1.28 bits per heavy atom. The first-order valence-corrected chi connectivity index (χ1v) is 25.4. The van der Waals surface area contributed by atoms with Crippen LogP contribution in [-0.4, -0.2) is 13.7 Å². The average molecular weight is 956 g/mol. The van der Waals surface area contributed by atoms with Crippen LogP contribution in [0.4, 0.5) is 0 Å². The number of nitriles is 2. The van der Waals surface area contributed by atoms with Crippen LogP contribution in [0.15, 0.2) is 243 Å². The van der Waals surface area contributed by atoms with Crippen LogP contribution in [0, 0.1) is 29.6 Å². The van der Waals surface area contributed by atoms with Gasteiger partial charge in [-0.15, -0.1) is 0 Å². The van der Waals surface area contributed by atoms with Gasteiger partial charge in [0.25, 0.3) is 0 Å². The van der Waals surface area contributed by atoms with Gasteiger partial charge in [-0.25, -0.2) is 0 Å². The third-order valence-electron chi connectivity index (χ3n) is 15.3. The predicted octanol–water partition coefficient (Wildman–Crippen LogP) is 17.6. The first-order valence-electron chi connectivity index (χ1n) is 25.4. The number of para-hydroxylation sites is 5. The third kappa shape index (κ3) is 7.06. The lowest BCUT2D eigenvalue weighted by molar-refractivity contribution is 1.15. The Labute approximate surface area is 433 Å². The van der Waals surface area contributed by atoms with Crippen molar-refractivity contribution in [3.8, 4) is 62.6 Å². The fourth-order valence-electron chi connectivity index (χ4n) is 11.9. The van der Waals surface area contributed by atoms with Crippen LogP contribution < -0.4 is 0 Å². The molecule has 0 N–H and O–H groups in total. The molecule has 5 nitrogen and oxygen atoms in total. The van der Waals surface area contributed by atoms with Crippen LogP contribution in [0.3, 0.4) is 0 Å². The molecular formula is C70H45N5. The van der Waals surface area contributed by atoms with Gasteiger partial charge in [0.1, 0.15) is 0 Å². The van der Waals surface area contributed by atoms with Gasteiger partial charge in [0.15, 0.2) is 0 Å². The molecule has 75 heavy (non-hydrogen) atoms. The number of nitrogens with zero attached hydrogens (tertiary/aromatic N) is 5. The van der Waals surface area contributed by atoms with Gasteiger partial charge in [0, 0.05) is 60.5 Å². The molecule has 0 unspecified atom stereocenters. The van der Waals surface area contributed by atoms with E-state index in [9.17, 15) is 10.5 Å². The normalized spacial score (nSPS) is 11.6. The highest BCUT2D eigenvalue weighted by atomic mass is 15.0. The van der Waals surface area contributed by atoms with Gasteiger partial charge in [-0.1, -0.05) is 158 Å². The Balaban J connectivity index is 0.831. The van der Waals surface area contributed by atoms with Gasteiger partial charge < -0.3 is 13.7 Å². The highest BCUT2D eigenvalue weighted by molar-refractivity contribution is 6.13. The minimum Gasteiger partial charge on any atom is -0.309 e. The molecule has 0 saturated carbocycles. The molecule has 0 fully saturated rings. The number of aryl methyl sites for hydroxylation is 1. The Bertz CT molecular complexity index is 4630. The lowest BCUT2D eigenvalue weighted by atomic mass is 9.89. The molecule has 14 rings (SSSR count). The zero-order valence-electron chi connectivity index (χ0n) is 41.0. The van der Waals surface area contributed by atoms with Crippen molar-refractivity contribution in [3.63, 3.8) is 0 Å². The molecule has 5 heteroatoms. The van der Waals surface area contributed by atoms with E-state index < -0.39 is 0 Å². The second-order valence-corrected chi connectivity index (χ2v) is 19.5. The van der Waals surface area contributed by atoms with E-state index in [0.29, 0.717) is 17.5 Å². The van der Waals surface area contributed by atoms with Crippen LogP contribution in [0.1, 0.15) is 27.8 Å². The van der Waals surface area contributed by atoms with E-state index in [2.05, 4.69) is 245 Å². The molecule has 0 amide bonds. The van der Waals surface area contributed by atoms with Crippen molar-refractivity contribution in [2.24, 2.45) is 0 Å². The van der Waals surface area contributed by atoms with E-state index in [1.54, 1.807) is 0 Å². The number of hydrogen-bond donors (Lipinski definition) is 0. The molecule has 0 saturated heterocycles. The molecule has 0 aliphatic rings. The van der Waals surface area contributed by atoms with Gasteiger partial charge in [-0.3, -0.25) is 0 Å². The second kappa shape index (κ2) is 17.5. The summed E-state index contributed by atoms with van der Waals surface area (Å²) < 4.78 is 7.05. The standard InChI is InChI=1S/C70H45N5/c1-45-16-2-3-21-55(45)63-41-53(74-65-27-9-4-22-56(65)57-23-5-10-28-66(57)74)33-32-49(63)37-46-17-14-18-47(36-46)61-39-51(44-72)62(40-50(61)43-71)48-19-15-20-52(38-48)73-69-31-13-8-26-60(69)64-42-54(34-35-70(64)73)75-67-29-11-6-24-58(67)59-25-7-12-30-68(59)75/h2-36,38-42H,37H2,1H3. The quantitative estimate of drug-likeness (QED) is 0.152. The van der Waals surface area contributed by atoms with Crippen molar-refractivity contribution in [3.05, 3.63) is 270 Å². The number of fused-ring (bicyclic) bond motifs is 9. The monoisotopic (exact) mass is 955 g/mol. The second-order valence-electron chi connectivity index (χ2n) is 19.5. The zero-order chi connectivity index (χ0) is 50.1. The summed E-state index contributed by atoms with van der Waals surface area (Å²) in [5, 5.41) is 28.9. The molecule has 11 aromatic carbocycles. The lowest BCUT2D eigenvalue weighted by Gasteiger charge is -2.17. The van der Waals surface area contributed by atoms with E-state index in [4.69, 9.17) is 0 Å². The molecule has 0 aliphatic heterocycles. The molecule has 350 valence electrons. The Hall–Kier alpha value is -10.2. The molecule has 3 heterocycles. The van der Waals surface area contributed by atoms with Gasteiger partial charge in [0.2, 0.25) is 0 Å². The van der Waals surface area contributed by atoms with Crippen molar-refractivity contribution in [1.82, 2.24) is 13.7 Å². The fraction of sp³-hybridized carbons (Fsp3) is 0.0286. The molecule has 0 spiro atoms. The van der Waals surface area contributed by atoms with Gasteiger partial charge >= 0.3 is 0 Å². The summed E-state index contributed by atoms with van der Waals surface area (Å²) in [5.74, 6) is 0. The van der Waals surface area contributed by atoms with Crippen molar-refractivity contribution in [1.29, 1.82) is 10.5 Å². The van der Waals surface area contributed by atoms with Crippen LogP contribution in [0.2, 0.25) is 0 Å². The molecule has 0 atom stereocenters. The maximum absolute atomic E-state index is 10.9. The van der Waals surface area contributed by atoms with Crippen molar-refractivity contribution in [2.75, 3.05) is 0 Å². The summed E-state index contributed by atoms with van der Waals surface area (Å²) in [6.07, 6.45) is 0.674. The summed E-state index contributed by atoms with van der Waals surface area (Å²) in [4.78, 5) is 0. The zero-order valence-corrected chi connectivity index (χ0v) is 41.0. The predicted molar refractivity (Wildman–Crippen MR) is 309 cm³/mol. The maximum atomic E-state index is 10.9. The summed E-state index contributed by atoms with van der Waals surface area (Å²) in [6.45, 7) is 2.18. The number of hydrogen-bond acceptors (Lipinski definition) is 2. The Kier molecular flexibility index (Phi) is 10.2. The molecule has 0 aliphatic carbocycles. The summed E-state index contributed by atoms with van der Waals surface area (Å²) in [5.41, 5.74) is 20.1. The molecule has 3 aromatic heterocycles. The van der Waals surface area contributed by atoms with Crippen LogP contribution in [0.5, 0.6) is 0 Å². The molecule has 0 bridgehead atoms. The van der Waals surface area contributed by atoms with Gasteiger partial charge in [-0.05, 0) is 137 Å². The molecule has 0 radical (unpaired) electrons. The van der Waals surface area contributed by atoms with Crippen molar-refractivity contribution < 1.29 is 0 Å². The van der Waals surface area contributed by atoms with Crippen LogP contribution >= 0.6 is 0 Å². The van der Waals surface area contributed by atoms with Crippen molar-refractivity contribution >= 4 is 65.4 Å². The SMILES string of the molecule is Cc1ccccc1-c1cc(-n2c3ccccc3c3ccccc32)ccc1Cc1cccc(-c2cc(C#N)c(-c3cccc(-n4c5ccccc5c5cc(-n6c7ccccc7c7ccccc76)ccc54)c3)cc2C#N)c1. The number of rotatable bonds is 8. The summed E-state index contributed by atoms with van der Waals surface area (Å²) >= 11 is 0. The largest absolute Gasteiger partial charge is 0.309 e. The molecular weight excluding hydrogens is 911 g/mol. The minimum atomic E-state index is 0.507. The van der Waals surface area contributed by atoms with E-state index >= 15 is 0 Å². The van der Waals surface area contributed by atoms with E-state index in [1.165, 1.54) is 65.9 Å². The van der Waals surface area contributed by atoms with Gasteiger partial charge in [0.05, 0.1) is 56.4 Å². The highest BCUT2D eigenvalue weighted by Gasteiger charge is 2.20. The Morgan fingerprint density at radius 1 is 0.320 bits per heavy atom. The first kappa shape index (κ1) is 43.6. The summed E-state index contributed by atoms with van der Waals surface area (Å²) in [6, 6.07) is 90.8. The van der Waals surface area contributed by atoms with Crippen LogP contribution in [-0.2, 0) is 6.42 Å². The Morgan fingerprint density at radius 2 is 0.747 bits per heavy atom. The van der Waals surface area contributed by atoms with E-state index in [-0.39, 0.29) is 0 Å². The lowest BCUT2D eigenvalue weighted by Crippen LogP contribution is -1.99. The fourth-order valence-corrected chi connectivity index (χ4v) is 11.9. The first-order chi connectivity index (χ1) is 37.0. The summed E-state index contributed by atoms with van der Waals surface area (Å²) in [7, 11) is 0. The van der Waals surface area contributed by atoms with Crippen LogP contribution in [0.25, 0.3) is 116 Å². The molecule has 14 aromatic rings. The van der Waals surface area contributed by atoms with Gasteiger partial charge in [-0.2, -0.15) is 10.5 Å². The van der Waals surface area contributed by atoms with E-state index in [0.717, 1.165) is 66.7 Å². The average Bonchev–Trinajstić information content (AvgIpc) is 4.13. The minimum absolute atomic E-state index is 0.507. The maximum Gasteiger partial charge on any atom is 0.0998 e. The smallest absolute Gasteiger partial charge is 0.0998 e.